The van der Waals surface area contributed by atoms with E-state index in [0.29, 0.717) is 19.0 Å². The van der Waals surface area contributed by atoms with E-state index in [2.05, 4.69) is 61.2 Å². The average molecular weight is 369 g/mol. The molecule has 10 heteroatoms. The molecule has 142 valence electrons. The van der Waals surface area contributed by atoms with Crippen LogP contribution >= 0.6 is 0 Å². The van der Waals surface area contributed by atoms with Crippen LogP contribution in [-0.2, 0) is 24.9 Å². The average Bonchev–Trinajstić information content (AvgIpc) is 3.32. The van der Waals surface area contributed by atoms with Crippen molar-refractivity contribution in [1.82, 2.24) is 41.7 Å². The maximum absolute atomic E-state index is 5.22. The van der Waals surface area contributed by atoms with Gasteiger partial charge in [-0.2, -0.15) is 16.2 Å². The number of hydrazine groups is 3. The first-order valence-electron chi connectivity index (χ1n) is 8.64. The molecule has 1 aliphatic heterocycles. The van der Waals surface area contributed by atoms with Crippen LogP contribution in [0.2, 0.25) is 0 Å². The highest BCUT2D eigenvalue weighted by atomic mass is 16.5. The lowest BCUT2D eigenvalue weighted by atomic mass is 10.1. The zero-order chi connectivity index (χ0) is 18.8. The van der Waals surface area contributed by atoms with Gasteiger partial charge in [-0.25, -0.2) is 20.8 Å². The number of rotatable bonds is 6. The Morgan fingerprint density at radius 3 is 2.81 bits per heavy atom. The van der Waals surface area contributed by atoms with Crippen molar-refractivity contribution in [2.75, 3.05) is 19.1 Å². The number of nitrogens with one attached hydrogen (secondary N) is 4. The Kier molecular flexibility index (Phi) is 4.97. The van der Waals surface area contributed by atoms with E-state index in [1.165, 1.54) is 5.56 Å². The number of anilines is 1. The molecule has 0 aliphatic carbocycles. The predicted octanol–water partition coefficient (Wildman–Crippen LogP) is 0.262. The minimum absolute atomic E-state index is 0.00708. The second kappa shape index (κ2) is 7.55. The largest absolute Gasteiger partial charge is 0.377 e. The number of fused-ring (bicyclic) bond motifs is 1. The third-order valence-electron chi connectivity index (χ3n) is 4.45. The van der Waals surface area contributed by atoms with Gasteiger partial charge in [0.1, 0.15) is 18.6 Å². The smallest absolute Gasteiger partial charge is 0.163 e. The van der Waals surface area contributed by atoms with Crippen molar-refractivity contribution in [2.45, 2.75) is 19.3 Å². The summed E-state index contributed by atoms with van der Waals surface area (Å²) in [7, 11) is 5.54. The van der Waals surface area contributed by atoms with E-state index < -0.39 is 0 Å². The molecule has 3 heterocycles. The summed E-state index contributed by atoms with van der Waals surface area (Å²) in [5, 5.41) is 5.25. The second-order valence-electron chi connectivity index (χ2n) is 6.47. The van der Waals surface area contributed by atoms with Crippen molar-refractivity contribution >= 4 is 16.9 Å². The Labute approximate surface area is 156 Å². The van der Waals surface area contributed by atoms with Crippen molar-refractivity contribution in [1.29, 1.82) is 0 Å². The van der Waals surface area contributed by atoms with Gasteiger partial charge in [-0.05, 0) is 11.1 Å². The van der Waals surface area contributed by atoms with Gasteiger partial charge >= 0.3 is 0 Å². The van der Waals surface area contributed by atoms with Gasteiger partial charge in [0.2, 0.25) is 0 Å². The molecular formula is C17H23N9O. The topological polar surface area (TPSA) is 104 Å². The van der Waals surface area contributed by atoms with Crippen LogP contribution in [0.5, 0.6) is 0 Å². The molecule has 10 nitrogen and oxygen atoms in total. The molecule has 0 atom stereocenters. The summed E-state index contributed by atoms with van der Waals surface area (Å²) in [6, 6.07) is 8.39. The minimum Gasteiger partial charge on any atom is -0.377 e. The molecule has 2 aromatic heterocycles. The van der Waals surface area contributed by atoms with Gasteiger partial charge in [-0.15, -0.1) is 0 Å². The first-order valence-corrected chi connectivity index (χ1v) is 8.64. The van der Waals surface area contributed by atoms with Crippen molar-refractivity contribution < 1.29 is 4.74 Å². The van der Waals surface area contributed by atoms with E-state index >= 15 is 0 Å². The maximum Gasteiger partial charge on any atom is 0.163 e. The molecular weight excluding hydrogens is 346 g/mol. The molecule has 3 aromatic rings. The fraction of sp³-hybridized carbons (Fsp3) is 0.353. The molecule has 1 saturated heterocycles. The molecule has 1 aromatic carbocycles. The van der Waals surface area contributed by atoms with Gasteiger partial charge in [-0.1, -0.05) is 24.3 Å². The molecule has 0 saturated carbocycles. The molecule has 0 bridgehead atoms. The van der Waals surface area contributed by atoms with E-state index in [1.807, 2.05) is 14.1 Å². The number of ether oxygens (including phenoxy) is 1. The van der Waals surface area contributed by atoms with Crippen LogP contribution in [0.1, 0.15) is 23.1 Å². The maximum atomic E-state index is 5.22. The van der Waals surface area contributed by atoms with Gasteiger partial charge in [0.25, 0.3) is 0 Å². The lowest BCUT2D eigenvalue weighted by Crippen LogP contribution is -2.33. The van der Waals surface area contributed by atoms with Crippen LogP contribution in [0.15, 0.2) is 30.5 Å². The fourth-order valence-corrected chi connectivity index (χ4v) is 3.17. The standard InChI is InChI=1S/C17H23N9O/c1-25(9-11-5-4-6-12(7-11)15-21-23-24-22-15)16-13-8-18-26(2)17(13)20-14(19-16)10-27-3/h4-8,15,21-24H,9-10H2,1-3H3. The van der Waals surface area contributed by atoms with E-state index in [1.54, 1.807) is 18.0 Å². The summed E-state index contributed by atoms with van der Waals surface area (Å²) in [6.45, 7) is 1.06. The Hall–Kier alpha value is -2.63. The molecule has 1 aliphatic rings. The summed E-state index contributed by atoms with van der Waals surface area (Å²) < 4.78 is 6.98. The molecule has 0 amide bonds. The number of methoxy groups -OCH3 is 1. The third-order valence-corrected chi connectivity index (χ3v) is 4.45. The highest BCUT2D eigenvalue weighted by Gasteiger charge is 2.17. The zero-order valence-corrected chi connectivity index (χ0v) is 15.5. The van der Waals surface area contributed by atoms with Crippen molar-refractivity contribution in [2.24, 2.45) is 7.05 Å². The highest BCUT2D eigenvalue weighted by Crippen LogP contribution is 2.24. The number of nitrogens with zero attached hydrogens (tertiary/aromatic N) is 5. The van der Waals surface area contributed by atoms with Crippen molar-refractivity contribution in [3.05, 3.63) is 47.4 Å². The first kappa shape index (κ1) is 17.8. The third kappa shape index (κ3) is 3.61. The summed E-state index contributed by atoms with van der Waals surface area (Å²) in [6.07, 6.45) is 1.81. The highest BCUT2D eigenvalue weighted by molar-refractivity contribution is 5.86. The molecule has 0 spiro atoms. The predicted molar refractivity (Wildman–Crippen MR) is 101 cm³/mol. The van der Waals surface area contributed by atoms with Crippen molar-refractivity contribution in [3.8, 4) is 0 Å². The fourth-order valence-electron chi connectivity index (χ4n) is 3.17. The Morgan fingerprint density at radius 1 is 1.22 bits per heavy atom. The number of aryl methyl sites for hydroxylation is 1. The first-order chi connectivity index (χ1) is 13.2. The van der Waals surface area contributed by atoms with E-state index in [-0.39, 0.29) is 6.17 Å². The van der Waals surface area contributed by atoms with Crippen LogP contribution in [0.25, 0.3) is 11.0 Å². The van der Waals surface area contributed by atoms with Gasteiger partial charge in [0.05, 0.1) is 11.6 Å². The molecule has 27 heavy (non-hydrogen) atoms. The zero-order valence-electron chi connectivity index (χ0n) is 15.5. The Bertz CT molecular complexity index is 935. The van der Waals surface area contributed by atoms with E-state index in [9.17, 15) is 0 Å². The number of benzene rings is 1. The van der Waals surface area contributed by atoms with Gasteiger partial charge in [0.15, 0.2) is 11.5 Å². The lowest BCUT2D eigenvalue weighted by Gasteiger charge is -2.20. The molecule has 1 fully saturated rings. The van der Waals surface area contributed by atoms with Crippen LogP contribution in [0.4, 0.5) is 5.82 Å². The summed E-state index contributed by atoms with van der Waals surface area (Å²) >= 11 is 0. The monoisotopic (exact) mass is 369 g/mol. The van der Waals surface area contributed by atoms with Gasteiger partial charge < -0.3 is 9.64 Å². The van der Waals surface area contributed by atoms with Gasteiger partial charge in [-0.3, -0.25) is 4.68 Å². The molecule has 4 N–H and O–H groups in total. The lowest BCUT2D eigenvalue weighted by molar-refractivity contribution is 0.178. The van der Waals surface area contributed by atoms with Crippen molar-refractivity contribution in [3.63, 3.8) is 0 Å². The van der Waals surface area contributed by atoms with Crippen LogP contribution < -0.4 is 26.8 Å². The second-order valence-corrected chi connectivity index (χ2v) is 6.47. The number of hydrogen-bond donors (Lipinski definition) is 4. The minimum atomic E-state index is 0.00708. The number of aromatic nitrogens is 4. The summed E-state index contributed by atoms with van der Waals surface area (Å²) in [5.74, 6) is 1.48. The molecule has 4 rings (SSSR count). The summed E-state index contributed by atoms with van der Waals surface area (Å²) in [5.41, 5.74) is 15.0. The van der Waals surface area contributed by atoms with Crippen LogP contribution in [0.3, 0.4) is 0 Å². The van der Waals surface area contributed by atoms with E-state index in [0.717, 1.165) is 22.4 Å². The van der Waals surface area contributed by atoms with Crippen LogP contribution in [-0.4, -0.2) is 33.9 Å². The Balaban J connectivity index is 1.63. The normalized spacial score (nSPS) is 14.9. The quantitative estimate of drug-likeness (QED) is 0.487. The van der Waals surface area contributed by atoms with Gasteiger partial charge in [0, 0.05) is 27.7 Å². The summed E-state index contributed by atoms with van der Waals surface area (Å²) in [4.78, 5) is 11.3. The Morgan fingerprint density at radius 2 is 2.04 bits per heavy atom. The number of hydrogen-bond acceptors (Lipinski definition) is 9. The SMILES string of the molecule is COCc1nc(N(C)Cc2cccc(C3NNNN3)c2)c2cnn(C)c2n1. The molecule has 0 unspecified atom stereocenters. The molecule has 0 radical (unpaired) electrons. The van der Waals surface area contributed by atoms with Crippen LogP contribution in [0, 0.1) is 0 Å². The van der Waals surface area contributed by atoms with E-state index in [4.69, 9.17) is 9.72 Å².